The van der Waals surface area contributed by atoms with Crippen molar-refractivity contribution >= 4 is 0 Å². The predicted molar refractivity (Wildman–Crippen MR) is 106 cm³/mol. The first-order valence-electron chi connectivity index (χ1n) is 10.9. The molecular formula is C24H38. The number of benzene rings is 1. The molecule has 2 aliphatic carbocycles. The Morgan fingerprint density at radius 2 is 1.21 bits per heavy atom. The number of rotatable bonds is 1. The Bertz CT molecular complexity index is 475. The third-order valence-electron chi connectivity index (χ3n) is 6.76. The van der Waals surface area contributed by atoms with Crippen molar-refractivity contribution in [3.63, 3.8) is 0 Å². The van der Waals surface area contributed by atoms with Crippen molar-refractivity contribution in [3.05, 3.63) is 35.4 Å². The van der Waals surface area contributed by atoms with Crippen molar-refractivity contribution in [2.75, 3.05) is 0 Å². The lowest BCUT2D eigenvalue weighted by molar-refractivity contribution is 0.314. The molecule has 3 rings (SSSR count). The van der Waals surface area contributed by atoms with E-state index in [0.29, 0.717) is 0 Å². The second-order valence-electron chi connectivity index (χ2n) is 8.71. The van der Waals surface area contributed by atoms with Crippen LogP contribution >= 0.6 is 0 Å². The average molecular weight is 327 g/mol. The van der Waals surface area contributed by atoms with Crippen LogP contribution in [0.4, 0.5) is 0 Å². The van der Waals surface area contributed by atoms with E-state index >= 15 is 0 Å². The maximum Gasteiger partial charge on any atom is -0.00903 e. The normalized spacial score (nSPS) is 30.5. The fourth-order valence-corrected chi connectivity index (χ4v) is 5.09. The van der Waals surface area contributed by atoms with E-state index in [0.717, 1.165) is 17.8 Å². The van der Waals surface area contributed by atoms with Gasteiger partial charge in [0, 0.05) is 0 Å². The zero-order chi connectivity index (χ0) is 16.6. The molecule has 0 bridgehead atoms. The highest BCUT2D eigenvalue weighted by Gasteiger charge is 2.31. The molecule has 3 atom stereocenters. The molecule has 0 amide bonds. The molecule has 0 heterocycles. The average Bonchev–Trinajstić information content (AvgIpc) is 2.57. The van der Waals surface area contributed by atoms with Gasteiger partial charge in [-0.3, -0.25) is 0 Å². The molecule has 1 saturated carbocycles. The van der Waals surface area contributed by atoms with Gasteiger partial charge < -0.3 is 0 Å². The smallest absolute Gasteiger partial charge is 0.00903 e. The van der Waals surface area contributed by atoms with Gasteiger partial charge in [0.15, 0.2) is 0 Å². The predicted octanol–water partition coefficient (Wildman–Crippen LogP) is 7.66. The summed E-state index contributed by atoms with van der Waals surface area (Å²) in [4.78, 5) is 0. The van der Waals surface area contributed by atoms with Crippen molar-refractivity contribution in [2.24, 2.45) is 11.8 Å². The second kappa shape index (κ2) is 9.64. The van der Waals surface area contributed by atoms with E-state index in [1.807, 2.05) is 0 Å². The molecule has 1 fully saturated rings. The van der Waals surface area contributed by atoms with E-state index < -0.39 is 0 Å². The molecule has 134 valence electrons. The fourth-order valence-electron chi connectivity index (χ4n) is 5.09. The van der Waals surface area contributed by atoms with Crippen molar-refractivity contribution in [1.29, 1.82) is 0 Å². The van der Waals surface area contributed by atoms with Crippen LogP contribution in [0.25, 0.3) is 0 Å². The van der Waals surface area contributed by atoms with Crippen LogP contribution in [0, 0.1) is 11.8 Å². The Kier molecular flexibility index (Phi) is 7.24. The van der Waals surface area contributed by atoms with E-state index in [9.17, 15) is 0 Å². The summed E-state index contributed by atoms with van der Waals surface area (Å²) in [6.45, 7) is 2.48. The SMILES string of the molecule is CC1CCCCCCCCCC(C2Cc3ccccc32)CCCC1. The first-order valence-corrected chi connectivity index (χ1v) is 10.9. The summed E-state index contributed by atoms with van der Waals surface area (Å²) in [5.74, 6) is 2.80. The summed E-state index contributed by atoms with van der Waals surface area (Å²) in [6, 6.07) is 9.22. The summed E-state index contributed by atoms with van der Waals surface area (Å²) in [5.41, 5.74) is 3.32. The van der Waals surface area contributed by atoms with Crippen molar-refractivity contribution in [1.82, 2.24) is 0 Å². The number of hydrogen-bond acceptors (Lipinski definition) is 0. The van der Waals surface area contributed by atoms with Crippen LogP contribution in [0.15, 0.2) is 24.3 Å². The summed E-state index contributed by atoms with van der Waals surface area (Å²) < 4.78 is 0. The molecular weight excluding hydrogens is 288 g/mol. The summed E-state index contributed by atoms with van der Waals surface area (Å²) in [6.07, 6.45) is 20.5. The van der Waals surface area contributed by atoms with Crippen molar-refractivity contribution < 1.29 is 0 Å². The van der Waals surface area contributed by atoms with Gasteiger partial charge in [0.2, 0.25) is 0 Å². The third-order valence-corrected chi connectivity index (χ3v) is 6.76. The highest BCUT2D eigenvalue weighted by Crippen LogP contribution is 2.44. The molecule has 2 aliphatic rings. The Morgan fingerprint density at radius 3 is 1.92 bits per heavy atom. The summed E-state index contributed by atoms with van der Waals surface area (Å²) in [7, 11) is 0. The molecule has 0 N–H and O–H groups in total. The van der Waals surface area contributed by atoms with Gasteiger partial charge in [-0.15, -0.1) is 0 Å². The van der Waals surface area contributed by atoms with Crippen LogP contribution in [0.2, 0.25) is 0 Å². The van der Waals surface area contributed by atoms with Crippen LogP contribution in [0.1, 0.15) is 107 Å². The van der Waals surface area contributed by atoms with Crippen LogP contribution in [0.5, 0.6) is 0 Å². The van der Waals surface area contributed by atoms with Gasteiger partial charge in [-0.1, -0.05) is 102 Å². The number of hydrogen-bond donors (Lipinski definition) is 0. The molecule has 0 aliphatic heterocycles. The molecule has 1 aromatic carbocycles. The Labute approximate surface area is 150 Å². The Morgan fingerprint density at radius 1 is 0.667 bits per heavy atom. The lowest BCUT2D eigenvalue weighted by Crippen LogP contribution is -2.25. The molecule has 24 heavy (non-hydrogen) atoms. The van der Waals surface area contributed by atoms with Gasteiger partial charge >= 0.3 is 0 Å². The second-order valence-corrected chi connectivity index (χ2v) is 8.71. The fraction of sp³-hybridized carbons (Fsp3) is 0.750. The van der Waals surface area contributed by atoms with Gasteiger partial charge in [0.05, 0.1) is 0 Å². The summed E-state index contributed by atoms with van der Waals surface area (Å²) in [5, 5.41) is 0. The van der Waals surface area contributed by atoms with Gasteiger partial charge in [-0.25, -0.2) is 0 Å². The van der Waals surface area contributed by atoms with E-state index in [1.54, 1.807) is 11.1 Å². The lowest BCUT2D eigenvalue weighted by Gasteiger charge is -2.37. The van der Waals surface area contributed by atoms with Crippen molar-refractivity contribution in [3.8, 4) is 0 Å². The minimum absolute atomic E-state index is 0.884. The highest BCUT2D eigenvalue weighted by molar-refractivity contribution is 5.40. The monoisotopic (exact) mass is 326 g/mol. The largest absolute Gasteiger partial charge is 0.0625 e. The number of fused-ring (bicyclic) bond motifs is 1. The Hall–Kier alpha value is -0.780. The molecule has 0 aromatic heterocycles. The molecule has 3 unspecified atom stereocenters. The highest BCUT2D eigenvalue weighted by atomic mass is 14.4. The maximum atomic E-state index is 2.48. The first-order chi connectivity index (χ1) is 11.8. The zero-order valence-corrected chi connectivity index (χ0v) is 15.9. The van der Waals surface area contributed by atoms with Crippen LogP contribution in [-0.4, -0.2) is 0 Å². The molecule has 0 radical (unpaired) electrons. The molecule has 0 spiro atoms. The first kappa shape index (κ1) is 18.0. The Balaban J connectivity index is 1.54. The lowest BCUT2D eigenvalue weighted by atomic mass is 9.68. The van der Waals surface area contributed by atoms with Gasteiger partial charge in [-0.05, 0) is 48.1 Å². The third kappa shape index (κ3) is 5.11. The zero-order valence-electron chi connectivity index (χ0n) is 15.9. The standard InChI is InChI=1S/C24H38/c1-20-13-7-5-3-2-4-6-8-15-21(16-10-9-14-20)24-19-22-17-11-12-18-23(22)24/h11-12,17-18,20-21,24H,2-10,13-16,19H2,1H3. The van der Waals surface area contributed by atoms with Crippen LogP contribution in [0.3, 0.4) is 0 Å². The van der Waals surface area contributed by atoms with Gasteiger partial charge in [-0.2, -0.15) is 0 Å². The van der Waals surface area contributed by atoms with Crippen molar-refractivity contribution in [2.45, 2.75) is 103 Å². The van der Waals surface area contributed by atoms with E-state index in [1.165, 1.54) is 89.9 Å². The quantitative estimate of drug-likeness (QED) is 0.497. The topological polar surface area (TPSA) is 0 Å². The minimum Gasteiger partial charge on any atom is -0.0625 e. The molecule has 0 nitrogen and oxygen atoms in total. The van der Waals surface area contributed by atoms with Gasteiger partial charge in [0.1, 0.15) is 0 Å². The van der Waals surface area contributed by atoms with Crippen LogP contribution in [-0.2, 0) is 6.42 Å². The molecule has 0 heteroatoms. The van der Waals surface area contributed by atoms with E-state index in [2.05, 4.69) is 31.2 Å². The molecule has 1 aromatic rings. The minimum atomic E-state index is 0.884. The van der Waals surface area contributed by atoms with E-state index in [-0.39, 0.29) is 0 Å². The van der Waals surface area contributed by atoms with Crippen LogP contribution < -0.4 is 0 Å². The molecule has 0 saturated heterocycles. The van der Waals surface area contributed by atoms with E-state index in [4.69, 9.17) is 0 Å². The maximum absolute atomic E-state index is 2.48. The summed E-state index contributed by atoms with van der Waals surface area (Å²) >= 11 is 0. The van der Waals surface area contributed by atoms with Gasteiger partial charge in [0.25, 0.3) is 0 Å².